The summed E-state index contributed by atoms with van der Waals surface area (Å²) in [6, 6.07) is 8.91. The predicted molar refractivity (Wildman–Crippen MR) is 81.3 cm³/mol. The average Bonchev–Trinajstić information content (AvgIpc) is 2.47. The first kappa shape index (κ1) is 17.4. The summed E-state index contributed by atoms with van der Waals surface area (Å²) in [4.78, 5) is 37.0. The van der Waals surface area contributed by atoms with Crippen LogP contribution in [0.15, 0.2) is 35.3 Å². The van der Waals surface area contributed by atoms with Gasteiger partial charge in [-0.25, -0.2) is 0 Å². The van der Waals surface area contributed by atoms with E-state index in [0.717, 1.165) is 0 Å². The molecule has 7 nitrogen and oxygen atoms in total. The van der Waals surface area contributed by atoms with Gasteiger partial charge in [-0.2, -0.15) is 4.99 Å². The van der Waals surface area contributed by atoms with Crippen LogP contribution in [0.4, 0.5) is 0 Å². The third-order valence-electron chi connectivity index (χ3n) is 2.77. The van der Waals surface area contributed by atoms with Crippen molar-refractivity contribution in [2.24, 2.45) is 10.7 Å². The molecule has 0 atom stereocenters. The van der Waals surface area contributed by atoms with Crippen molar-refractivity contribution < 1.29 is 19.5 Å². The molecule has 22 heavy (non-hydrogen) atoms. The number of hydrogen-bond acceptors (Lipinski definition) is 3. The van der Waals surface area contributed by atoms with Gasteiger partial charge in [-0.05, 0) is 6.42 Å². The second-order valence-electron chi connectivity index (χ2n) is 4.60. The zero-order valence-corrected chi connectivity index (χ0v) is 12.1. The van der Waals surface area contributed by atoms with Crippen LogP contribution in [-0.2, 0) is 14.4 Å². The van der Waals surface area contributed by atoms with Crippen molar-refractivity contribution in [3.63, 3.8) is 0 Å². The van der Waals surface area contributed by atoms with Crippen molar-refractivity contribution in [1.82, 2.24) is 5.32 Å². The smallest absolute Gasteiger partial charge is 0.303 e. The van der Waals surface area contributed by atoms with Crippen molar-refractivity contribution >= 4 is 23.6 Å². The van der Waals surface area contributed by atoms with E-state index in [9.17, 15) is 14.4 Å². The van der Waals surface area contributed by atoms with Crippen LogP contribution >= 0.6 is 0 Å². The van der Waals surface area contributed by atoms with Crippen molar-refractivity contribution in [2.45, 2.75) is 25.7 Å². The van der Waals surface area contributed by atoms with Crippen molar-refractivity contribution in [2.75, 3.05) is 6.54 Å². The number of carboxylic acids is 1. The number of carboxylic acid groups (broad SMARTS) is 1. The summed E-state index contributed by atoms with van der Waals surface area (Å²) in [6.07, 6.45) is 0.382. The van der Waals surface area contributed by atoms with E-state index in [-0.39, 0.29) is 44.0 Å². The number of aliphatic carboxylic acids is 1. The SMILES string of the molecule is NC(=NC(=O)CCNC(=O)CCCC(=O)O)c1ccccc1. The molecular formula is C15H19N3O4. The van der Waals surface area contributed by atoms with Crippen LogP contribution in [0.1, 0.15) is 31.2 Å². The lowest BCUT2D eigenvalue weighted by molar-refractivity contribution is -0.137. The lowest BCUT2D eigenvalue weighted by Gasteiger charge is -2.03. The molecule has 1 aromatic rings. The summed E-state index contributed by atoms with van der Waals surface area (Å²) in [7, 11) is 0. The van der Waals surface area contributed by atoms with Crippen molar-refractivity contribution in [3.05, 3.63) is 35.9 Å². The maximum atomic E-state index is 11.6. The number of nitrogens with two attached hydrogens (primary N) is 1. The predicted octanol–water partition coefficient (Wildman–Crippen LogP) is 0.680. The van der Waals surface area contributed by atoms with Crippen LogP contribution < -0.4 is 11.1 Å². The van der Waals surface area contributed by atoms with E-state index < -0.39 is 11.9 Å². The lowest BCUT2D eigenvalue weighted by Crippen LogP contribution is -2.26. The van der Waals surface area contributed by atoms with E-state index in [1.165, 1.54) is 0 Å². The fourth-order valence-electron chi connectivity index (χ4n) is 1.66. The van der Waals surface area contributed by atoms with Gasteiger partial charge in [0, 0.05) is 31.4 Å². The van der Waals surface area contributed by atoms with Gasteiger partial charge in [-0.15, -0.1) is 0 Å². The molecule has 0 saturated carbocycles. The van der Waals surface area contributed by atoms with E-state index in [1.54, 1.807) is 24.3 Å². The minimum atomic E-state index is -0.936. The molecule has 1 aromatic carbocycles. The third-order valence-corrected chi connectivity index (χ3v) is 2.77. The molecule has 0 aliphatic carbocycles. The molecule has 0 spiro atoms. The molecule has 0 aromatic heterocycles. The zero-order chi connectivity index (χ0) is 16.4. The van der Waals surface area contributed by atoms with Crippen LogP contribution in [0.3, 0.4) is 0 Å². The highest BCUT2D eigenvalue weighted by Crippen LogP contribution is 1.99. The molecule has 0 aliphatic heterocycles. The normalized spacial score (nSPS) is 11.0. The molecule has 4 N–H and O–H groups in total. The number of rotatable bonds is 8. The molecule has 0 aliphatic rings. The number of amidine groups is 1. The van der Waals surface area contributed by atoms with Gasteiger partial charge in [-0.3, -0.25) is 14.4 Å². The van der Waals surface area contributed by atoms with Gasteiger partial charge < -0.3 is 16.2 Å². The van der Waals surface area contributed by atoms with Gasteiger partial charge in [0.1, 0.15) is 5.84 Å². The Labute approximate surface area is 128 Å². The highest BCUT2D eigenvalue weighted by atomic mass is 16.4. The molecule has 0 radical (unpaired) electrons. The van der Waals surface area contributed by atoms with Crippen LogP contribution in [-0.4, -0.2) is 35.3 Å². The Morgan fingerprint density at radius 3 is 2.41 bits per heavy atom. The van der Waals surface area contributed by atoms with E-state index in [4.69, 9.17) is 10.8 Å². The highest BCUT2D eigenvalue weighted by Gasteiger charge is 2.06. The maximum absolute atomic E-state index is 11.6. The minimum Gasteiger partial charge on any atom is -0.481 e. The Bertz CT molecular complexity index is 555. The van der Waals surface area contributed by atoms with Crippen LogP contribution in [0, 0.1) is 0 Å². The monoisotopic (exact) mass is 305 g/mol. The number of nitrogens with one attached hydrogen (secondary N) is 1. The van der Waals surface area contributed by atoms with Gasteiger partial charge in [0.25, 0.3) is 0 Å². The second kappa shape index (κ2) is 9.28. The highest BCUT2D eigenvalue weighted by molar-refractivity contribution is 6.04. The zero-order valence-electron chi connectivity index (χ0n) is 12.1. The van der Waals surface area contributed by atoms with Gasteiger partial charge >= 0.3 is 5.97 Å². The molecule has 7 heteroatoms. The fraction of sp³-hybridized carbons (Fsp3) is 0.333. The summed E-state index contributed by atoms with van der Waals surface area (Å²) in [5.41, 5.74) is 6.37. The van der Waals surface area contributed by atoms with Crippen molar-refractivity contribution in [3.8, 4) is 0 Å². The van der Waals surface area contributed by atoms with Crippen LogP contribution in [0.2, 0.25) is 0 Å². The van der Waals surface area contributed by atoms with Crippen LogP contribution in [0.25, 0.3) is 0 Å². The molecule has 2 amide bonds. The first-order valence-electron chi connectivity index (χ1n) is 6.90. The second-order valence-corrected chi connectivity index (χ2v) is 4.60. The quantitative estimate of drug-likeness (QED) is 0.481. The van der Waals surface area contributed by atoms with Crippen LogP contribution in [0.5, 0.6) is 0 Å². The number of carbonyl (C=O) groups excluding carboxylic acids is 2. The van der Waals surface area contributed by atoms with E-state index in [0.29, 0.717) is 5.56 Å². The Hall–Kier alpha value is -2.70. The number of aliphatic imine (C=N–C) groups is 1. The topological polar surface area (TPSA) is 122 Å². The number of amides is 2. The Morgan fingerprint density at radius 2 is 1.77 bits per heavy atom. The lowest BCUT2D eigenvalue weighted by atomic mass is 10.2. The number of carbonyl (C=O) groups is 3. The Kier molecular flexibility index (Phi) is 7.32. The van der Waals surface area contributed by atoms with Gasteiger partial charge in [-0.1, -0.05) is 30.3 Å². The maximum Gasteiger partial charge on any atom is 0.303 e. The molecular weight excluding hydrogens is 286 g/mol. The number of nitrogens with zero attached hydrogens (tertiary/aromatic N) is 1. The van der Waals surface area contributed by atoms with E-state index in [2.05, 4.69) is 10.3 Å². The number of benzene rings is 1. The molecule has 0 fully saturated rings. The summed E-state index contributed by atoms with van der Waals surface area (Å²) in [5, 5.41) is 11.0. The summed E-state index contributed by atoms with van der Waals surface area (Å²) < 4.78 is 0. The molecule has 118 valence electrons. The first-order chi connectivity index (χ1) is 10.5. The number of hydrogen-bond donors (Lipinski definition) is 3. The van der Waals surface area contributed by atoms with Crippen molar-refractivity contribution in [1.29, 1.82) is 0 Å². The summed E-state index contributed by atoms with van der Waals surface area (Å²) >= 11 is 0. The molecule has 1 rings (SSSR count). The standard InChI is InChI=1S/C15H19N3O4/c16-15(11-5-2-1-3-6-11)18-13(20)9-10-17-12(19)7-4-8-14(21)22/h1-3,5-6H,4,7-10H2,(H,17,19)(H,21,22)(H2,16,18,20). The third kappa shape index (κ3) is 7.18. The van der Waals surface area contributed by atoms with Gasteiger partial charge in [0.05, 0.1) is 0 Å². The summed E-state index contributed by atoms with van der Waals surface area (Å²) in [6.45, 7) is 0.149. The molecule has 0 saturated heterocycles. The Balaban J connectivity index is 2.28. The first-order valence-corrected chi connectivity index (χ1v) is 6.90. The Morgan fingerprint density at radius 1 is 1.09 bits per heavy atom. The van der Waals surface area contributed by atoms with E-state index in [1.807, 2.05) is 6.07 Å². The molecule has 0 heterocycles. The van der Waals surface area contributed by atoms with Gasteiger partial charge in [0.2, 0.25) is 11.8 Å². The largest absolute Gasteiger partial charge is 0.481 e. The average molecular weight is 305 g/mol. The minimum absolute atomic E-state index is 0.0399. The van der Waals surface area contributed by atoms with Gasteiger partial charge in [0.15, 0.2) is 0 Å². The molecule has 0 bridgehead atoms. The van der Waals surface area contributed by atoms with E-state index >= 15 is 0 Å². The summed E-state index contributed by atoms with van der Waals surface area (Å²) in [5.74, 6) is -1.51. The molecule has 0 unspecified atom stereocenters. The fourth-order valence-corrected chi connectivity index (χ4v) is 1.66.